The van der Waals surface area contributed by atoms with Crippen molar-refractivity contribution in [1.29, 1.82) is 0 Å². The van der Waals surface area contributed by atoms with Gasteiger partial charge in [-0.05, 0) is 62.7 Å². The largest absolute Gasteiger partial charge is 0.493 e. The van der Waals surface area contributed by atoms with E-state index < -0.39 is 0 Å². The number of hydrogen-bond donors (Lipinski definition) is 1. The molecule has 1 aliphatic rings. The van der Waals surface area contributed by atoms with Crippen LogP contribution in [0.3, 0.4) is 0 Å². The topological polar surface area (TPSA) is 60.0 Å². The molecule has 1 heterocycles. The fourth-order valence-corrected chi connectivity index (χ4v) is 3.87. The number of rotatable bonds is 11. The van der Waals surface area contributed by atoms with Gasteiger partial charge in [-0.3, -0.25) is 4.79 Å². The standard InChI is InChI=1S/C22H36N2O4/c1-17-8-7-15-24(16-17)14-6-5-13-23-20(25)12-10-18-9-11-19(26-2)22(28-4)21(18)27-3/h9,11,17H,5-8,10,12-16H2,1-4H3,(H,23,25). The van der Waals surface area contributed by atoms with Crippen LogP contribution < -0.4 is 19.5 Å². The van der Waals surface area contributed by atoms with Crippen LogP contribution in [-0.2, 0) is 11.2 Å². The molecular formula is C22H36N2O4. The van der Waals surface area contributed by atoms with Crippen molar-refractivity contribution < 1.29 is 19.0 Å². The van der Waals surface area contributed by atoms with Crippen LogP contribution >= 0.6 is 0 Å². The summed E-state index contributed by atoms with van der Waals surface area (Å²) in [7, 11) is 4.78. The van der Waals surface area contributed by atoms with E-state index in [1.807, 2.05) is 12.1 Å². The zero-order valence-electron chi connectivity index (χ0n) is 17.9. The summed E-state index contributed by atoms with van der Waals surface area (Å²) in [6.45, 7) is 6.66. The average molecular weight is 393 g/mol. The van der Waals surface area contributed by atoms with E-state index in [2.05, 4.69) is 17.1 Å². The molecular weight excluding hydrogens is 356 g/mol. The summed E-state index contributed by atoms with van der Waals surface area (Å²) in [5.74, 6) is 2.71. The number of nitrogens with one attached hydrogen (secondary N) is 1. The fourth-order valence-electron chi connectivity index (χ4n) is 3.87. The Morgan fingerprint density at radius 3 is 2.61 bits per heavy atom. The normalized spacial score (nSPS) is 17.2. The molecule has 1 unspecified atom stereocenters. The molecule has 28 heavy (non-hydrogen) atoms. The van der Waals surface area contributed by atoms with Crippen LogP contribution in [0.5, 0.6) is 17.2 Å². The van der Waals surface area contributed by atoms with Gasteiger partial charge in [0.2, 0.25) is 11.7 Å². The Balaban J connectivity index is 1.69. The van der Waals surface area contributed by atoms with Crippen molar-refractivity contribution in [3.8, 4) is 17.2 Å². The quantitative estimate of drug-likeness (QED) is 0.586. The Bertz CT molecular complexity index is 621. The van der Waals surface area contributed by atoms with Gasteiger partial charge in [0.15, 0.2) is 11.5 Å². The highest BCUT2D eigenvalue weighted by Crippen LogP contribution is 2.40. The van der Waals surface area contributed by atoms with Crippen molar-refractivity contribution in [3.05, 3.63) is 17.7 Å². The zero-order chi connectivity index (χ0) is 20.4. The molecule has 1 aromatic rings. The molecule has 0 saturated carbocycles. The number of amides is 1. The van der Waals surface area contributed by atoms with E-state index in [1.54, 1.807) is 21.3 Å². The molecule has 1 aliphatic heterocycles. The first-order valence-electron chi connectivity index (χ1n) is 10.4. The minimum absolute atomic E-state index is 0.0726. The maximum atomic E-state index is 12.2. The van der Waals surface area contributed by atoms with E-state index in [9.17, 15) is 4.79 Å². The average Bonchev–Trinajstić information content (AvgIpc) is 2.71. The second kappa shape index (κ2) is 11.8. The van der Waals surface area contributed by atoms with Crippen LogP contribution in [0.15, 0.2) is 12.1 Å². The molecule has 1 amide bonds. The monoisotopic (exact) mass is 392 g/mol. The van der Waals surface area contributed by atoms with Gasteiger partial charge < -0.3 is 24.4 Å². The number of carbonyl (C=O) groups is 1. The third kappa shape index (κ3) is 6.59. The van der Waals surface area contributed by atoms with Gasteiger partial charge in [0.1, 0.15) is 0 Å². The minimum Gasteiger partial charge on any atom is -0.493 e. The first kappa shape index (κ1) is 22.3. The molecule has 1 saturated heterocycles. The van der Waals surface area contributed by atoms with Crippen LogP contribution in [0.2, 0.25) is 0 Å². The lowest BCUT2D eigenvalue weighted by Gasteiger charge is -2.30. The number of methoxy groups -OCH3 is 3. The summed E-state index contributed by atoms with van der Waals surface area (Å²) in [4.78, 5) is 14.7. The second-order valence-electron chi connectivity index (χ2n) is 7.60. The molecule has 0 radical (unpaired) electrons. The third-order valence-electron chi connectivity index (χ3n) is 5.37. The second-order valence-corrected chi connectivity index (χ2v) is 7.60. The summed E-state index contributed by atoms with van der Waals surface area (Å²) in [5, 5.41) is 3.03. The third-order valence-corrected chi connectivity index (χ3v) is 5.37. The molecule has 0 bridgehead atoms. The van der Waals surface area contributed by atoms with Gasteiger partial charge in [-0.1, -0.05) is 13.0 Å². The Hall–Kier alpha value is -1.95. The van der Waals surface area contributed by atoms with E-state index in [4.69, 9.17) is 14.2 Å². The maximum absolute atomic E-state index is 12.2. The molecule has 6 nitrogen and oxygen atoms in total. The SMILES string of the molecule is COc1ccc(CCC(=O)NCCCCN2CCCC(C)C2)c(OC)c1OC. The van der Waals surface area contributed by atoms with E-state index in [0.29, 0.717) is 30.1 Å². The lowest BCUT2D eigenvalue weighted by Crippen LogP contribution is -2.35. The predicted molar refractivity (Wildman–Crippen MR) is 112 cm³/mol. The summed E-state index contributed by atoms with van der Waals surface area (Å²) in [6.07, 6.45) is 5.86. The van der Waals surface area contributed by atoms with Crippen LogP contribution in [0.4, 0.5) is 0 Å². The summed E-state index contributed by atoms with van der Waals surface area (Å²) in [5.41, 5.74) is 0.939. The minimum atomic E-state index is 0.0726. The highest BCUT2D eigenvalue weighted by atomic mass is 16.5. The summed E-state index contributed by atoms with van der Waals surface area (Å²) in [6, 6.07) is 3.77. The first-order valence-corrected chi connectivity index (χ1v) is 10.4. The van der Waals surface area contributed by atoms with Gasteiger partial charge in [0, 0.05) is 19.5 Å². The smallest absolute Gasteiger partial charge is 0.220 e. The number of hydrogen-bond acceptors (Lipinski definition) is 5. The molecule has 6 heteroatoms. The molecule has 1 atom stereocenters. The molecule has 0 aliphatic carbocycles. The summed E-state index contributed by atoms with van der Waals surface area (Å²) >= 11 is 0. The summed E-state index contributed by atoms with van der Waals surface area (Å²) < 4.78 is 16.2. The molecule has 2 rings (SSSR count). The molecule has 1 N–H and O–H groups in total. The van der Waals surface area contributed by atoms with Gasteiger partial charge in [0.05, 0.1) is 21.3 Å². The van der Waals surface area contributed by atoms with Gasteiger partial charge in [-0.15, -0.1) is 0 Å². The van der Waals surface area contributed by atoms with Crippen LogP contribution in [0.1, 0.15) is 44.6 Å². The molecule has 0 spiro atoms. The molecule has 1 aromatic carbocycles. The lowest BCUT2D eigenvalue weighted by atomic mass is 10.0. The van der Waals surface area contributed by atoms with Crippen molar-refractivity contribution in [2.75, 3.05) is 47.5 Å². The lowest BCUT2D eigenvalue weighted by molar-refractivity contribution is -0.121. The number of likely N-dealkylation sites (tertiary alicyclic amines) is 1. The molecule has 0 aromatic heterocycles. The van der Waals surface area contributed by atoms with E-state index in [-0.39, 0.29) is 5.91 Å². The zero-order valence-corrected chi connectivity index (χ0v) is 17.9. The fraction of sp³-hybridized carbons (Fsp3) is 0.682. The Labute approximate surface area is 169 Å². The van der Waals surface area contributed by atoms with E-state index in [1.165, 1.54) is 25.9 Å². The highest BCUT2D eigenvalue weighted by molar-refractivity contribution is 5.76. The van der Waals surface area contributed by atoms with Crippen LogP contribution in [0.25, 0.3) is 0 Å². The van der Waals surface area contributed by atoms with Crippen molar-refractivity contribution in [1.82, 2.24) is 10.2 Å². The van der Waals surface area contributed by atoms with Crippen LogP contribution in [-0.4, -0.2) is 58.3 Å². The van der Waals surface area contributed by atoms with Gasteiger partial charge in [-0.25, -0.2) is 0 Å². The molecule has 1 fully saturated rings. The van der Waals surface area contributed by atoms with E-state index in [0.717, 1.165) is 37.4 Å². The Kier molecular flexibility index (Phi) is 9.41. The van der Waals surface area contributed by atoms with Crippen molar-refractivity contribution >= 4 is 5.91 Å². The maximum Gasteiger partial charge on any atom is 0.220 e. The Morgan fingerprint density at radius 2 is 1.93 bits per heavy atom. The van der Waals surface area contributed by atoms with E-state index >= 15 is 0 Å². The number of aryl methyl sites for hydroxylation is 1. The number of ether oxygens (including phenoxy) is 3. The number of benzene rings is 1. The number of unbranched alkanes of at least 4 members (excludes halogenated alkanes) is 1. The van der Waals surface area contributed by atoms with Gasteiger partial charge >= 0.3 is 0 Å². The Morgan fingerprint density at radius 1 is 1.14 bits per heavy atom. The van der Waals surface area contributed by atoms with Crippen LogP contribution in [0, 0.1) is 5.92 Å². The number of nitrogens with zero attached hydrogens (tertiary/aromatic N) is 1. The predicted octanol–water partition coefficient (Wildman–Crippen LogP) is 3.27. The highest BCUT2D eigenvalue weighted by Gasteiger charge is 2.17. The van der Waals surface area contributed by atoms with Gasteiger partial charge in [0.25, 0.3) is 0 Å². The van der Waals surface area contributed by atoms with Crippen molar-refractivity contribution in [2.24, 2.45) is 5.92 Å². The molecule has 158 valence electrons. The first-order chi connectivity index (χ1) is 13.6. The van der Waals surface area contributed by atoms with Crippen molar-refractivity contribution in [2.45, 2.75) is 45.4 Å². The number of carbonyl (C=O) groups excluding carboxylic acids is 1. The van der Waals surface area contributed by atoms with Crippen molar-refractivity contribution in [3.63, 3.8) is 0 Å². The van der Waals surface area contributed by atoms with Gasteiger partial charge in [-0.2, -0.15) is 0 Å². The number of piperidine rings is 1.